The van der Waals surface area contributed by atoms with Crippen molar-refractivity contribution in [3.8, 4) is 11.6 Å². The van der Waals surface area contributed by atoms with Crippen molar-refractivity contribution >= 4 is 11.6 Å². The smallest absolute Gasteiger partial charge is 0.419 e. The molecule has 7 heteroatoms. The number of rotatable bonds is 3. The van der Waals surface area contributed by atoms with Gasteiger partial charge < -0.3 is 10.5 Å². The van der Waals surface area contributed by atoms with Crippen molar-refractivity contribution in [3.63, 3.8) is 0 Å². The van der Waals surface area contributed by atoms with Gasteiger partial charge in [0.2, 0.25) is 5.88 Å². The summed E-state index contributed by atoms with van der Waals surface area (Å²) in [7, 11) is 0. The molecule has 0 saturated heterocycles. The van der Waals surface area contributed by atoms with Crippen molar-refractivity contribution < 1.29 is 17.9 Å². The summed E-state index contributed by atoms with van der Waals surface area (Å²) >= 11 is 5.83. The largest absolute Gasteiger partial charge is 0.438 e. The minimum Gasteiger partial charge on any atom is -0.438 e. The summed E-state index contributed by atoms with van der Waals surface area (Å²) in [5, 5.41) is 0.337. The number of aromatic nitrogens is 1. The van der Waals surface area contributed by atoms with Crippen LogP contribution in [-0.4, -0.2) is 4.98 Å². The maximum absolute atomic E-state index is 12.8. The Balaban J connectivity index is 2.36. The van der Waals surface area contributed by atoms with Crippen molar-refractivity contribution in [3.05, 3.63) is 52.7 Å². The molecule has 1 aromatic carbocycles. The van der Waals surface area contributed by atoms with E-state index in [-0.39, 0.29) is 18.2 Å². The molecule has 0 fully saturated rings. The SMILES string of the molecule is NCc1nc(Oc2ccccc2C(F)(F)F)ccc1Cl. The molecule has 1 aromatic heterocycles. The van der Waals surface area contributed by atoms with E-state index in [4.69, 9.17) is 22.1 Å². The lowest BCUT2D eigenvalue weighted by atomic mass is 10.2. The number of alkyl halides is 3. The number of ether oxygens (including phenoxy) is 1. The van der Waals surface area contributed by atoms with Gasteiger partial charge in [0.05, 0.1) is 16.3 Å². The Morgan fingerprint density at radius 2 is 1.85 bits per heavy atom. The van der Waals surface area contributed by atoms with Crippen LogP contribution in [0.4, 0.5) is 13.2 Å². The second-order valence-electron chi connectivity index (χ2n) is 3.88. The fourth-order valence-corrected chi connectivity index (χ4v) is 1.75. The van der Waals surface area contributed by atoms with E-state index >= 15 is 0 Å². The lowest BCUT2D eigenvalue weighted by molar-refractivity contribution is -0.138. The first-order valence-corrected chi connectivity index (χ1v) is 5.99. The van der Waals surface area contributed by atoms with Crippen molar-refractivity contribution in [1.82, 2.24) is 4.98 Å². The summed E-state index contributed by atoms with van der Waals surface area (Å²) in [4.78, 5) is 3.96. The van der Waals surface area contributed by atoms with Crippen LogP contribution in [0.5, 0.6) is 11.6 Å². The van der Waals surface area contributed by atoms with E-state index < -0.39 is 11.7 Å². The Bertz CT molecular complexity index is 617. The quantitative estimate of drug-likeness (QED) is 0.932. The maximum Gasteiger partial charge on any atom is 0.419 e. The third-order valence-electron chi connectivity index (χ3n) is 2.49. The maximum atomic E-state index is 12.8. The van der Waals surface area contributed by atoms with E-state index in [9.17, 15) is 13.2 Å². The molecule has 2 N–H and O–H groups in total. The molecule has 0 bridgehead atoms. The second-order valence-corrected chi connectivity index (χ2v) is 4.29. The van der Waals surface area contributed by atoms with Gasteiger partial charge in [-0.3, -0.25) is 0 Å². The van der Waals surface area contributed by atoms with Crippen LogP contribution in [0.2, 0.25) is 5.02 Å². The summed E-state index contributed by atoms with van der Waals surface area (Å²) < 4.78 is 43.6. The van der Waals surface area contributed by atoms with Crippen LogP contribution < -0.4 is 10.5 Å². The standard InChI is InChI=1S/C13H10ClF3N2O/c14-9-5-6-12(19-10(9)7-18)20-11-4-2-1-3-8(11)13(15,16)17/h1-6H,7,18H2. The Morgan fingerprint density at radius 3 is 2.50 bits per heavy atom. The fourth-order valence-electron chi connectivity index (χ4n) is 1.57. The van der Waals surface area contributed by atoms with E-state index in [1.165, 1.54) is 30.3 Å². The summed E-state index contributed by atoms with van der Waals surface area (Å²) in [6.45, 7) is 0.0664. The molecular formula is C13H10ClF3N2O. The van der Waals surface area contributed by atoms with Gasteiger partial charge in [0.15, 0.2) is 0 Å². The highest BCUT2D eigenvalue weighted by molar-refractivity contribution is 6.31. The van der Waals surface area contributed by atoms with Crippen LogP contribution in [0, 0.1) is 0 Å². The van der Waals surface area contributed by atoms with Gasteiger partial charge in [-0.2, -0.15) is 13.2 Å². The second kappa shape index (κ2) is 5.68. The minimum atomic E-state index is -4.50. The normalized spacial score (nSPS) is 11.4. The zero-order valence-corrected chi connectivity index (χ0v) is 10.9. The van der Waals surface area contributed by atoms with Gasteiger partial charge in [0, 0.05) is 12.6 Å². The van der Waals surface area contributed by atoms with Gasteiger partial charge in [-0.25, -0.2) is 4.98 Å². The Hall–Kier alpha value is -1.79. The summed E-state index contributed by atoms with van der Waals surface area (Å²) in [5.41, 5.74) is 4.92. The molecule has 3 nitrogen and oxygen atoms in total. The average molecular weight is 303 g/mol. The molecule has 2 rings (SSSR count). The molecule has 0 radical (unpaired) electrons. The zero-order valence-electron chi connectivity index (χ0n) is 10.1. The van der Waals surface area contributed by atoms with E-state index in [2.05, 4.69) is 4.98 Å². The van der Waals surface area contributed by atoms with Crippen molar-refractivity contribution in [1.29, 1.82) is 0 Å². The van der Waals surface area contributed by atoms with Crippen LogP contribution >= 0.6 is 11.6 Å². The van der Waals surface area contributed by atoms with Crippen molar-refractivity contribution in [2.24, 2.45) is 5.73 Å². The molecule has 1 heterocycles. The molecule has 0 aliphatic carbocycles. The highest BCUT2D eigenvalue weighted by Crippen LogP contribution is 2.37. The van der Waals surface area contributed by atoms with Crippen LogP contribution in [0.1, 0.15) is 11.3 Å². The Kier molecular flexibility index (Phi) is 4.15. The molecular weight excluding hydrogens is 293 g/mol. The first kappa shape index (κ1) is 14.6. The average Bonchev–Trinajstić information content (AvgIpc) is 2.40. The number of pyridine rings is 1. The van der Waals surface area contributed by atoms with Crippen molar-refractivity contribution in [2.45, 2.75) is 12.7 Å². The number of halogens is 4. The van der Waals surface area contributed by atoms with Crippen LogP contribution in [0.3, 0.4) is 0 Å². The summed E-state index contributed by atoms with van der Waals surface area (Å²) in [6.07, 6.45) is -4.50. The lowest BCUT2D eigenvalue weighted by Gasteiger charge is -2.13. The third kappa shape index (κ3) is 3.20. The van der Waals surface area contributed by atoms with Crippen molar-refractivity contribution in [2.75, 3.05) is 0 Å². The van der Waals surface area contributed by atoms with Gasteiger partial charge in [0.1, 0.15) is 5.75 Å². The zero-order chi connectivity index (χ0) is 14.8. The van der Waals surface area contributed by atoms with Crippen LogP contribution in [0.15, 0.2) is 36.4 Å². The van der Waals surface area contributed by atoms with Crippen LogP contribution in [-0.2, 0) is 12.7 Å². The van der Waals surface area contributed by atoms with Crippen LogP contribution in [0.25, 0.3) is 0 Å². The number of nitrogens with zero attached hydrogens (tertiary/aromatic N) is 1. The third-order valence-corrected chi connectivity index (χ3v) is 2.84. The molecule has 0 amide bonds. The van der Waals surface area contributed by atoms with E-state index in [0.29, 0.717) is 10.7 Å². The van der Waals surface area contributed by atoms with Gasteiger partial charge >= 0.3 is 6.18 Å². The van der Waals surface area contributed by atoms with Gasteiger partial charge in [-0.15, -0.1) is 0 Å². The Labute approximate surface area is 118 Å². The fraction of sp³-hybridized carbons (Fsp3) is 0.154. The number of benzene rings is 1. The number of nitrogens with two attached hydrogens (primary N) is 1. The topological polar surface area (TPSA) is 48.1 Å². The predicted octanol–water partition coefficient (Wildman–Crippen LogP) is 4.00. The summed E-state index contributed by atoms with van der Waals surface area (Å²) in [5.74, 6) is -0.315. The van der Waals surface area contributed by atoms with Gasteiger partial charge in [-0.1, -0.05) is 23.7 Å². The minimum absolute atomic E-state index is 0.00606. The van der Waals surface area contributed by atoms with E-state index in [1.54, 1.807) is 0 Å². The molecule has 106 valence electrons. The first-order valence-electron chi connectivity index (χ1n) is 5.61. The lowest BCUT2D eigenvalue weighted by Crippen LogP contribution is -2.07. The first-order chi connectivity index (χ1) is 9.41. The highest BCUT2D eigenvalue weighted by atomic mass is 35.5. The highest BCUT2D eigenvalue weighted by Gasteiger charge is 2.34. The summed E-state index contributed by atoms with van der Waals surface area (Å²) in [6, 6.07) is 7.76. The molecule has 2 aromatic rings. The molecule has 0 unspecified atom stereocenters. The molecule has 0 aliphatic heterocycles. The van der Waals surface area contributed by atoms with Gasteiger partial charge in [0.25, 0.3) is 0 Å². The van der Waals surface area contributed by atoms with E-state index in [0.717, 1.165) is 6.07 Å². The number of hydrogen-bond donors (Lipinski definition) is 1. The monoisotopic (exact) mass is 302 g/mol. The molecule has 0 spiro atoms. The molecule has 0 aliphatic rings. The molecule has 0 atom stereocenters. The number of para-hydroxylation sites is 1. The van der Waals surface area contributed by atoms with E-state index in [1.807, 2.05) is 0 Å². The Morgan fingerprint density at radius 1 is 1.15 bits per heavy atom. The predicted molar refractivity (Wildman–Crippen MR) is 68.7 cm³/mol. The van der Waals surface area contributed by atoms with Gasteiger partial charge in [-0.05, 0) is 18.2 Å². The number of hydrogen-bond acceptors (Lipinski definition) is 3. The molecule has 20 heavy (non-hydrogen) atoms. The molecule has 0 saturated carbocycles.